The molecule has 1 N–H and O–H groups in total. The number of fused-ring (bicyclic) bond motifs is 1. The molecule has 0 aromatic rings. The number of hydrogen-bond donors (Lipinski definition) is 1. The summed E-state index contributed by atoms with van der Waals surface area (Å²) in [7, 11) is 0. The second kappa shape index (κ2) is 4.82. The fourth-order valence-corrected chi connectivity index (χ4v) is 4.02. The summed E-state index contributed by atoms with van der Waals surface area (Å²) in [4.78, 5) is 14.8. The van der Waals surface area contributed by atoms with E-state index >= 15 is 0 Å². The molecule has 3 aliphatic rings. The molecule has 3 fully saturated rings. The number of amides is 1. The van der Waals surface area contributed by atoms with E-state index < -0.39 is 0 Å². The Bertz CT molecular complexity index is 334. The van der Waals surface area contributed by atoms with E-state index in [4.69, 9.17) is 4.74 Å². The van der Waals surface area contributed by atoms with E-state index in [1.165, 1.54) is 0 Å². The third-order valence-electron chi connectivity index (χ3n) is 4.97. The zero-order chi connectivity index (χ0) is 12.7. The maximum absolute atomic E-state index is 12.6. The highest BCUT2D eigenvalue weighted by atomic mass is 16.5. The molecule has 18 heavy (non-hydrogen) atoms. The molecule has 3 saturated heterocycles. The number of carbonyl (C=O) groups excluding carboxylic acids is 1. The fraction of sp³-hybridized carbons (Fsp3) is 0.929. The summed E-state index contributed by atoms with van der Waals surface area (Å²) >= 11 is 0. The number of carbonyl (C=O) groups is 1. The van der Waals surface area contributed by atoms with Crippen LogP contribution in [-0.2, 0) is 9.53 Å². The molecule has 3 heterocycles. The van der Waals surface area contributed by atoms with Crippen LogP contribution in [0.5, 0.6) is 0 Å². The van der Waals surface area contributed by atoms with Gasteiger partial charge in [-0.15, -0.1) is 0 Å². The molecular weight excluding hydrogens is 228 g/mol. The molecule has 0 aliphatic carbocycles. The van der Waals surface area contributed by atoms with Gasteiger partial charge in [0.05, 0.1) is 18.6 Å². The monoisotopic (exact) mass is 252 g/mol. The van der Waals surface area contributed by atoms with Crippen LogP contribution in [0.1, 0.15) is 26.7 Å². The molecule has 0 aromatic heterocycles. The summed E-state index contributed by atoms with van der Waals surface area (Å²) in [6.07, 6.45) is 2.24. The molecule has 3 aliphatic heterocycles. The van der Waals surface area contributed by atoms with Crippen LogP contribution in [0.3, 0.4) is 0 Å². The summed E-state index contributed by atoms with van der Waals surface area (Å²) in [6.45, 7) is 8.03. The zero-order valence-electron chi connectivity index (χ0n) is 11.4. The lowest BCUT2D eigenvalue weighted by atomic mass is 9.92. The Balaban J connectivity index is 1.70. The van der Waals surface area contributed by atoms with E-state index in [0.29, 0.717) is 30.4 Å². The summed E-state index contributed by atoms with van der Waals surface area (Å²) in [6, 6.07) is 0.452. The van der Waals surface area contributed by atoms with Gasteiger partial charge in [0.15, 0.2) is 0 Å². The third-order valence-corrected chi connectivity index (χ3v) is 4.97. The van der Waals surface area contributed by atoms with Crippen molar-refractivity contribution in [3.8, 4) is 0 Å². The SMILES string of the molecule is CCC1C2CNCC2CN1C(=O)C1COC(C)C1. The van der Waals surface area contributed by atoms with E-state index in [0.717, 1.165) is 32.5 Å². The Morgan fingerprint density at radius 2 is 2.28 bits per heavy atom. The van der Waals surface area contributed by atoms with Crippen molar-refractivity contribution in [1.82, 2.24) is 10.2 Å². The highest BCUT2D eigenvalue weighted by Crippen LogP contribution is 2.36. The van der Waals surface area contributed by atoms with Crippen LogP contribution in [0, 0.1) is 17.8 Å². The number of nitrogens with zero attached hydrogens (tertiary/aromatic N) is 1. The lowest BCUT2D eigenvalue weighted by molar-refractivity contribution is -0.136. The Morgan fingerprint density at radius 1 is 1.44 bits per heavy atom. The minimum absolute atomic E-state index is 0.112. The van der Waals surface area contributed by atoms with Crippen LogP contribution in [-0.4, -0.2) is 49.2 Å². The van der Waals surface area contributed by atoms with Crippen molar-refractivity contribution in [3.05, 3.63) is 0 Å². The molecule has 0 aromatic carbocycles. The molecule has 1 amide bonds. The molecule has 4 nitrogen and oxygen atoms in total. The molecular formula is C14H24N2O2. The zero-order valence-corrected chi connectivity index (χ0v) is 11.4. The molecule has 5 atom stereocenters. The smallest absolute Gasteiger partial charge is 0.228 e. The van der Waals surface area contributed by atoms with Crippen LogP contribution in [0.25, 0.3) is 0 Å². The molecule has 3 rings (SSSR count). The summed E-state index contributed by atoms with van der Waals surface area (Å²) < 4.78 is 5.55. The Labute approximate surface area is 109 Å². The number of rotatable bonds is 2. The van der Waals surface area contributed by atoms with Crippen LogP contribution in [0.2, 0.25) is 0 Å². The summed E-state index contributed by atoms with van der Waals surface area (Å²) in [5.74, 6) is 1.82. The average molecular weight is 252 g/mol. The van der Waals surface area contributed by atoms with E-state index in [-0.39, 0.29) is 12.0 Å². The van der Waals surface area contributed by atoms with Crippen molar-refractivity contribution in [2.45, 2.75) is 38.8 Å². The maximum Gasteiger partial charge on any atom is 0.228 e. The number of likely N-dealkylation sites (tertiary alicyclic amines) is 1. The van der Waals surface area contributed by atoms with E-state index in [9.17, 15) is 4.79 Å². The van der Waals surface area contributed by atoms with Gasteiger partial charge in [0.1, 0.15) is 0 Å². The maximum atomic E-state index is 12.6. The second-order valence-corrected chi connectivity index (χ2v) is 6.12. The minimum Gasteiger partial charge on any atom is -0.378 e. The van der Waals surface area contributed by atoms with Gasteiger partial charge in [0, 0.05) is 25.7 Å². The van der Waals surface area contributed by atoms with Crippen LogP contribution in [0.15, 0.2) is 0 Å². The van der Waals surface area contributed by atoms with Crippen molar-refractivity contribution in [2.24, 2.45) is 17.8 Å². The van der Waals surface area contributed by atoms with Gasteiger partial charge in [-0.3, -0.25) is 4.79 Å². The molecule has 5 unspecified atom stereocenters. The second-order valence-electron chi connectivity index (χ2n) is 6.12. The van der Waals surface area contributed by atoms with E-state index in [1.807, 2.05) is 0 Å². The molecule has 0 bridgehead atoms. The Kier molecular flexibility index (Phi) is 3.32. The topological polar surface area (TPSA) is 41.6 Å². The fourth-order valence-electron chi connectivity index (χ4n) is 4.02. The summed E-state index contributed by atoms with van der Waals surface area (Å²) in [5, 5.41) is 3.46. The minimum atomic E-state index is 0.112. The van der Waals surface area contributed by atoms with Gasteiger partial charge >= 0.3 is 0 Å². The first kappa shape index (κ1) is 12.4. The quantitative estimate of drug-likeness (QED) is 0.793. The number of nitrogens with one attached hydrogen (secondary N) is 1. The Hall–Kier alpha value is -0.610. The number of hydrogen-bond acceptors (Lipinski definition) is 3. The predicted molar refractivity (Wildman–Crippen MR) is 69.2 cm³/mol. The first-order chi connectivity index (χ1) is 8.70. The molecule has 4 heteroatoms. The Morgan fingerprint density at radius 3 is 2.94 bits per heavy atom. The lowest BCUT2D eigenvalue weighted by Gasteiger charge is -2.29. The van der Waals surface area contributed by atoms with Gasteiger partial charge in [-0.05, 0) is 31.6 Å². The average Bonchev–Trinajstić information content (AvgIpc) is 3.01. The van der Waals surface area contributed by atoms with Crippen LogP contribution in [0.4, 0.5) is 0 Å². The first-order valence-corrected chi connectivity index (χ1v) is 7.33. The van der Waals surface area contributed by atoms with Crippen LogP contribution >= 0.6 is 0 Å². The summed E-state index contributed by atoms with van der Waals surface area (Å²) in [5.41, 5.74) is 0. The normalized spacial score (nSPS) is 43.4. The molecule has 0 spiro atoms. The van der Waals surface area contributed by atoms with Crippen molar-refractivity contribution in [2.75, 3.05) is 26.2 Å². The van der Waals surface area contributed by atoms with Gasteiger partial charge in [-0.25, -0.2) is 0 Å². The van der Waals surface area contributed by atoms with Crippen molar-refractivity contribution < 1.29 is 9.53 Å². The lowest BCUT2D eigenvalue weighted by Crippen LogP contribution is -2.43. The van der Waals surface area contributed by atoms with E-state index in [2.05, 4.69) is 24.1 Å². The van der Waals surface area contributed by atoms with Crippen molar-refractivity contribution in [3.63, 3.8) is 0 Å². The third kappa shape index (κ3) is 1.95. The molecule has 0 radical (unpaired) electrons. The van der Waals surface area contributed by atoms with E-state index in [1.54, 1.807) is 0 Å². The van der Waals surface area contributed by atoms with Gasteiger partial charge in [0.25, 0.3) is 0 Å². The van der Waals surface area contributed by atoms with Gasteiger partial charge in [-0.2, -0.15) is 0 Å². The molecule has 0 saturated carbocycles. The van der Waals surface area contributed by atoms with Gasteiger partial charge in [0.2, 0.25) is 5.91 Å². The van der Waals surface area contributed by atoms with Crippen molar-refractivity contribution >= 4 is 5.91 Å². The predicted octanol–water partition coefficient (Wildman–Crippen LogP) is 0.868. The number of ether oxygens (including phenoxy) is 1. The van der Waals surface area contributed by atoms with Crippen LogP contribution < -0.4 is 5.32 Å². The van der Waals surface area contributed by atoms with Crippen molar-refractivity contribution in [1.29, 1.82) is 0 Å². The van der Waals surface area contributed by atoms with Gasteiger partial charge < -0.3 is 15.0 Å². The first-order valence-electron chi connectivity index (χ1n) is 7.33. The highest BCUT2D eigenvalue weighted by Gasteiger charge is 2.46. The highest BCUT2D eigenvalue weighted by molar-refractivity contribution is 5.80. The standard InChI is InChI=1S/C14H24N2O2/c1-3-13-12-6-15-5-11(12)7-16(13)14(17)10-4-9(2)18-8-10/h9-13,15H,3-8H2,1-2H3. The largest absolute Gasteiger partial charge is 0.378 e. The molecule has 102 valence electrons. The van der Waals surface area contributed by atoms with Gasteiger partial charge in [-0.1, -0.05) is 6.92 Å².